The maximum atomic E-state index is 11.7. The molecule has 0 bridgehead atoms. The second kappa shape index (κ2) is 5.53. The SMILES string of the molecule is NC1CCCCCC1NC(=O)NC1CCC1. The number of urea groups is 1. The van der Waals surface area contributed by atoms with Gasteiger partial charge in [-0.1, -0.05) is 19.3 Å². The zero-order valence-electron chi connectivity index (χ0n) is 9.87. The standard InChI is InChI=1S/C12H23N3O/c13-10-7-2-1-3-8-11(10)15-12(16)14-9-5-4-6-9/h9-11H,1-8,13H2,(H2,14,15,16). The molecule has 0 aromatic heterocycles. The fraction of sp³-hybridized carbons (Fsp3) is 0.917. The summed E-state index contributed by atoms with van der Waals surface area (Å²) >= 11 is 0. The van der Waals surface area contributed by atoms with Gasteiger partial charge in [0.15, 0.2) is 0 Å². The molecule has 2 aliphatic carbocycles. The van der Waals surface area contributed by atoms with Crippen LogP contribution in [0.2, 0.25) is 0 Å². The first-order valence-electron chi connectivity index (χ1n) is 6.58. The van der Waals surface area contributed by atoms with Crippen molar-refractivity contribution in [3.05, 3.63) is 0 Å². The van der Waals surface area contributed by atoms with Gasteiger partial charge in [0.25, 0.3) is 0 Å². The number of carbonyl (C=O) groups excluding carboxylic acids is 1. The summed E-state index contributed by atoms with van der Waals surface area (Å²) in [6.45, 7) is 0. The Balaban J connectivity index is 1.74. The molecule has 16 heavy (non-hydrogen) atoms. The minimum Gasteiger partial charge on any atom is -0.335 e. The highest BCUT2D eigenvalue weighted by Crippen LogP contribution is 2.19. The Kier molecular flexibility index (Phi) is 4.04. The molecule has 92 valence electrons. The van der Waals surface area contributed by atoms with Crippen LogP contribution in [0.15, 0.2) is 0 Å². The summed E-state index contributed by atoms with van der Waals surface area (Å²) in [5, 5.41) is 6.03. The average molecular weight is 225 g/mol. The Morgan fingerprint density at radius 3 is 2.38 bits per heavy atom. The van der Waals surface area contributed by atoms with Gasteiger partial charge in [0.1, 0.15) is 0 Å². The van der Waals surface area contributed by atoms with Gasteiger partial charge in [-0.25, -0.2) is 4.79 Å². The van der Waals surface area contributed by atoms with Gasteiger partial charge in [-0.05, 0) is 32.1 Å². The third kappa shape index (κ3) is 3.11. The molecule has 0 aromatic carbocycles. The third-order valence-corrected chi connectivity index (χ3v) is 3.83. The molecule has 2 rings (SSSR count). The molecular weight excluding hydrogens is 202 g/mol. The number of hydrogen-bond acceptors (Lipinski definition) is 2. The van der Waals surface area contributed by atoms with E-state index < -0.39 is 0 Å². The number of rotatable bonds is 2. The van der Waals surface area contributed by atoms with E-state index in [0.717, 1.165) is 25.7 Å². The van der Waals surface area contributed by atoms with Gasteiger partial charge >= 0.3 is 6.03 Å². The predicted molar refractivity (Wildman–Crippen MR) is 64.2 cm³/mol. The molecule has 2 atom stereocenters. The molecule has 0 aromatic rings. The normalized spacial score (nSPS) is 31.3. The summed E-state index contributed by atoms with van der Waals surface area (Å²) in [5.41, 5.74) is 6.06. The summed E-state index contributed by atoms with van der Waals surface area (Å²) in [6, 6.07) is 0.686. The molecule has 0 saturated heterocycles. The minimum atomic E-state index is -0.0212. The van der Waals surface area contributed by atoms with Crippen molar-refractivity contribution in [1.82, 2.24) is 10.6 Å². The molecular formula is C12H23N3O. The molecule has 2 unspecified atom stereocenters. The van der Waals surface area contributed by atoms with E-state index in [2.05, 4.69) is 10.6 Å². The molecule has 0 heterocycles. The van der Waals surface area contributed by atoms with Crippen molar-refractivity contribution in [2.45, 2.75) is 69.5 Å². The van der Waals surface area contributed by atoms with Crippen molar-refractivity contribution in [3.8, 4) is 0 Å². The third-order valence-electron chi connectivity index (χ3n) is 3.83. The van der Waals surface area contributed by atoms with Gasteiger partial charge in [0.05, 0.1) is 0 Å². The molecule has 2 amide bonds. The second-order valence-corrected chi connectivity index (χ2v) is 5.15. The molecule has 0 aliphatic heterocycles. The van der Waals surface area contributed by atoms with Crippen molar-refractivity contribution in [2.75, 3.05) is 0 Å². The monoisotopic (exact) mass is 225 g/mol. The van der Waals surface area contributed by atoms with Crippen LogP contribution in [0.5, 0.6) is 0 Å². The molecule has 2 saturated carbocycles. The van der Waals surface area contributed by atoms with Gasteiger partial charge < -0.3 is 16.4 Å². The van der Waals surface area contributed by atoms with Crippen molar-refractivity contribution >= 4 is 6.03 Å². The van der Waals surface area contributed by atoms with E-state index in [4.69, 9.17) is 5.73 Å². The largest absolute Gasteiger partial charge is 0.335 e. The van der Waals surface area contributed by atoms with E-state index in [1.165, 1.54) is 25.7 Å². The zero-order chi connectivity index (χ0) is 11.4. The van der Waals surface area contributed by atoms with Crippen molar-refractivity contribution in [2.24, 2.45) is 5.73 Å². The molecule has 4 heteroatoms. The van der Waals surface area contributed by atoms with Crippen molar-refractivity contribution in [3.63, 3.8) is 0 Å². The van der Waals surface area contributed by atoms with Gasteiger partial charge in [0, 0.05) is 18.1 Å². The summed E-state index contributed by atoms with van der Waals surface area (Å²) in [4.78, 5) is 11.7. The van der Waals surface area contributed by atoms with Gasteiger partial charge in [-0.2, -0.15) is 0 Å². The molecule has 4 nitrogen and oxygen atoms in total. The van der Waals surface area contributed by atoms with Crippen LogP contribution in [-0.2, 0) is 0 Å². The maximum Gasteiger partial charge on any atom is 0.315 e. The molecule has 0 radical (unpaired) electrons. The lowest BCUT2D eigenvalue weighted by Crippen LogP contribution is -2.53. The van der Waals surface area contributed by atoms with Gasteiger partial charge in [-0.15, -0.1) is 0 Å². The van der Waals surface area contributed by atoms with Crippen molar-refractivity contribution < 1.29 is 4.79 Å². The highest BCUT2D eigenvalue weighted by molar-refractivity contribution is 5.74. The van der Waals surface area contributed by atoms with Crippen LogP contribution in [-0.4, -0.2) is 24.2 Å². The Bertz CT molecular complexity index is 240. The first kappa shape index (κ1) is 11.7. The second-order valence-electron chi connectivity index (χ2n) is 5.15. The lowest BCUT2D eigenvalue weighted by molar-refractivity contribution is 0.221. The fourth-order valence-corrected chi connectivity index (χ4v) is 2.46. The Morgan fingerprint density at radius 2 is 1.69 bits per heavy atom. The first-order chi connectivity index (χ1) is 7.75. The highest BCUT2D eigenvalue weighted by Gasteiger charge is 2.24. The Labute approximate surface area is 97.3 Å². The Morgan fingerprint density at radius 1 is 0.938 bits per heavy atom. The Hall–Kier alpha value is -0.770. The van der Waals surface area contributed by atoms with Gasteiger partial charge in [-0.3, -0.25) is 0 Å². The van der Waals surface area contributed by atoms with Gasteiger partial charge in [0.2, 0.25) is 0 Å². The molecule has 4 N–H and O–H groups in total. The van der Waals surface area contributed by atoms with E-state index in [9.17, 15) is 4.79 Å². The quantitative estimate of drug-likeness (QED) is 0.623. The van der Waals surface area contributed by atoms with Crippen LogP contribution in [0.1, 0.15) is 51.4 Å². The van der Waals surface area contributed by atoms with E-state index in [1.807, 2.05) is 0 Å². The molecule has 2 fully saturated rings. The van der Waals surface area contributed by atoms with E-state index in [-0.39, 0.29) is 18.1 Å². The number of carbonyl (C=O) groups is 1. The summed E-state index contributed by atoms with van der Waals surface area (Å²) in [6.07, 6.45) is 9.19. The van der Waals surface area contributed by atoms with Crippen LogP contribution in [0.3, 0.4) is 0 Å². The first-order valence-corrected chi connectivity index (χ1v) is 6.58. The number of hydrogen-bond donors (Lipinski definition) is 3. The van der Waals surface area contributed by atoms with Crippen LogP contribution >= 0.6 is 0 Å². The minimum absolute atomic E-state index is 0.0212. The predicted octanol–water partition coefficient (Wildman–Crippen LogP) is 1.50. The lowest BCUT2D eigenvalue weighted by Gasteiger charge is -2.29. The average Bonchev–Trinajstić information content (AvgIpc) is 2.39. The number of nitrogens with one attached hydrogen (secondary N) is 2. The lowest BCUT2D eigenvalue weighted by atomic mass is 9.93. The van der Waals surface area contributed by atoms with E-state index in [1.54, 1.807) is 0 Å². The summed E-state index contributed by atoms with van der Waals surface area (Å²) < 4.78 is 0. The van der Waals surface area contributed by atoms with Crippen LogP contribution < -0.4 is 16.4 Å². The van der Waals surface area contributed by atoms with Crippen LogP contribution in [0.4, 0.5) is 4.79 Å². The summed E-state index contributed by atoms with van der Waals surface area (Å²) in [5.74, 6) is 0. The van der Waals surface area contributed by atoms with Crippen LogP contribution in [0, 0.1) is 0 Å². The summed E-state index contributed by atoms with van der Waals surface area (Å²) in [7, 11) is 0. The highest BCUT2D eigenvalue weighted by atomic mass is 16.2. The number of nitrogens with two attached hydrogens (primary N) is 1. The van der Waals surface area contributed by atoms with E-state index in [0.29, 0.717) is 6.04 Å². The van der Waals surface area contributed by atoms with Crippen molar-refractivity contribution in [1.29, 1.82) is 0 Å². The maximum absolute atomic E-state index is 11.7. The number of amides is 2. The molecule has 0 spiro atoms. The van der Waals surface area contributed by atoms with E-state index >= 15 is 0 Å². The fourth-order valence-electron chi connectivity index (χ4n) is 2.46. The smallest absolute Gasteiger partial charge is 0.315 e. The van der Waals surface area contributed by atoms with Crippen LogP contribution in [0.25, 0.3) is 0 Å². The zero-order valence-corrected chi connectivity index (χ0v) is 9.87. The molecule has 2 aliphatic rings. The topological polar surface area (TPSA) is 67.1 Å².